The maximum Gasteiger partial charge on any atom is 0.167 e. The van der Waals surface area contributed by atoms with Crippen LogP contribution in [0.25, 0.3) is 10.9 Å². The monoisotopic (exact) mass is 331 g/mol. The van der Waals surface area contributed by atoms with Crippen molar-refractivity contribution in [1.29, 1.82) is 0 Å². The molecule has 3 rings (SSSR count). The summed E-state index contributed by atoms with van der Waals surface area (Å²) in [6.07, 6.45) is 0. The second-order valence-corrected chi connectivity index (χ2v) is 5.26. The first-order valence-electron chi connectivity index (χ1n) is 7.03. The van der Waals surface area contributed by atoms with E-state index in [4.69, 9.17) is 16.3 Å². The van der Waals surface area contributed by atoms with Crippen LogP contribution >= 0.6 is 11.6 Å². The van der Waals surface area contributed by atoms with Gasteiger partial charge in [0, 0.05) is 24.2 Å². The number of benzene rings is 2. The minimum Gasteiger partial charge on any atom is -0.494 e. The fourth-order valence-corrected chi connectivity index (χ4v) is 2.53. The highest BCUT2D eigenvalue weighted by Crippen LogP contribution is 2.31. The molecule has 0 saturated carbocycles. The lowest BCUT2D eigenvalue weighted by Crippen LogP contribution is -2.13. The Morgan fingerprint density at radius 3 is 2.65 bits per heavy atom. The molecule has 0 aliphatic heterocycles. The highest BCUT2D eigenvalue weighted by molar-refractivity contribution is 6.16. The fraction of sp³-hybridized carbons (Fsp3) is 0.176. The van der Waals surface area contributed by atoms with Crippen molar-refractivity contribution in [2.75, 3.05) is 19.1 Å². The molecule has 1 aromatic heterocycles. The third-order valence-electron chi connectivity index (χ3n) is 3.59. The van der Waals surface area contributed by atoms with Crippen molar-refractivity contribution in [2.45, 2.75) is 5.88 Å². The quantitative estimate of drug-likeness (QED) is 0.669. The second kappa shape index (κ2) is 6.38. The lowest BCUT2D eigenvalue weighted by molar-refractivity contribution is 0.386. The Kier molecular flexibility index (Phi) is 4.30. The molecule has 0 atom stereocenters. The minimum atomic E-state index is -0.423. The highest BCUT2D eigenvalue weighted by atomic mass is 35.5. The predicted octanol–water partition coefficient (Wildman–Crippen LogP) is 4.28. The van der Waals surface area contributed by atoms with Gasteiger partial charge in [-0.15, -0.1) is 11.6 Å². The standard InChI is InChI=1S/C17H15ClFN3O/c1-22(11-7-8-15(23-2)13(19)9-11)17-12-5-3-4-6-14(12)20-16(10-18)21-17/h3-9H,10H2,1-2H3. The summed E-state index contributed by atoms with van der Waals surface area (Å²) in [5.74, 6) is 1.20. The third-order valence-corrected chi connectivity index (χ3v) is 3.83. The van der Waals surface area contributed by atoms with Crippen molar-refractivity contribution in [3.05, 3.63) is 54.1 Å². The zero-order valence-electron chi connectivity index (χ0n) is 12.8. The van der Waals surface area contributed by atoms with Gasteiger partial charge >= 0.3 is 0 Å². The molecule has 2 aromatic carbocycles. The maximum absolute atomic E-state index is 14.0. The summed E-state index contributed by atoms with van der Waals surface area (Å²) >= 11 is 5.89. The number of nitrogens with zero attached hydrogens (tertiary/aromatic N) is 3. The lowest BCUT2D eigenvalue weighted by Gasteiger charge is -2.21. The third kappa shape index (κ3) is 2.92. The zero-order valence-corrected chi connectivity index (χ0v) is 13.5. The van der Waals surface area contributed by atoms with E-state index in [-0.39, 0.29) is 11.6 Å². The van der Waals surface area contributed by atoms with Crippen LogP contribution < -0.4 is 9.64 Å². The smallest absolute Gasteiger partial charge is 0.167 e. The predicted molar refractivity (Wildman–Crippen MR) is 90.1 cm³/mol. The van der Waals surface area contributed by atoms with Gasteiger partial charge < -0.3 is 9.64 Å². The number of anilines is 2. The summed E-state index contributed by atoms with van der Waals surface area (Å²) < 4.78 is 18.9. The molecule has 0 fully saturated rings. The van der Waals surface area contributed by atoms with Crippen LogP contribution in [0.15, 0.2) is 42.5 Å². The summed E-state index contributed by atoms with van der Waals surface area (Å²) in [6, 6.07) is 12.4. The molecule has 23 heavy (non-hydrogen) atoms. The van der Waals surface area contributed by atoms with E-state index in [1.165, 1.54) is 13.2 Å². The fourth-order valence-electron chi connectivity index (χ4n) is 2.41. The normalized spacial score (nSPS) is 10.8. The largest absolute Gasteiger partial charge is 0.494 e. The van der Waals surface area contributed by atoms with Crippen molar-refractivity contribution >= 4 is 34.0 Å². The van der Waals surface area contributed by atoms with Gasteiger partial charge in [-0.05, 0) is 24.3 Å². The molecular weight excluding hydrogens is 317 g/mol. The number of fused-ring (bicyclic) bond motifs is 1. The van der Waals surface area contributed by atoms with E-state index in [1.807, 2.05) is 36.2 Å². The number of aromatic nitrogens is 2. The zero-order chi connectivity index (χ0) is 16.4. The molecule has 0 saturated heterocycles. The van der Waals surface area contributed by atoms with Crippen LogP contribution in [0.2, 0.25) is 0 Å². The van der Waals surface area contributed by atoms with Gasteiger partial charge in [0.1, 0.15) is 11.6 Å². The summed E-state index contributed by atoms with van der Waals surface area (Å²) in [5, 5.41) is 0.875. The first-order valence-corrected chi connectivity index (χ1v) is 7.56. The van der Waals surface area contributed by atoms with Gasteiger partial charge in [0.15, 0.2) is 11.6 Å². The van der Waals surface area contributed by atoms with Crippen molar-refractivity contribution < 1.29 is 9.13 Å². The summed E-state index contributed by atoms with van der Waals surface area (Å²) in [5.41, 5.74) is 1.46. The topological polar surface area (TPSA) is 38.2 Å². The molecule has 1 heterocycles. The Bertz CT molecular complexity index is 856. The van der Waals surface area contributed by atoms with Gasteiger partial charge in [-0.25, -0.2) is 14.4 Å². The molecule has 0 radical (unpaired) electrons. The molecule has 0 aliphatic rings. The average Bonchev–Trinajstić information content (AvgIpc) is 2.60. The van der Waals surface area contributed by atoms with Crippen LogP contribution in [0.3, 0.4) is 0 Å². The average molecular weight is 332 g/mol. The molecule has 0 aliphatic carbocycles. The maximum atomic E-state index is 14.0. The Hall–Kier alpha value is -2.40. The van der Waals surface area contributed by atoms with E-state index >= 15 is 0 Å². The van der Waals surface area contributed by atoms with E-state index in [9.17, 15) is 4.39 Å². The van der Waals surface area contributed by atoms with Crippen molar-refractivity contribution in [3.8, 4) is 5.75 Å². The van der Waals surface area contributed by atoms with Gasteiger partial charge in [-0.1, -0.05) is 12.1 Å². The van der Waals surface area contributed by atoms with Gasteiger partial charge in [0.2, 0.25) is 0 Å². The molecule has 0 spiro atoms. The number of alkyl halides is 1. The summed E-state index contributed by atoms with van der Waals surface area (Å²) in [6.45, 7) is 0. The van der Waals surface area contributed by atoms with E-state index in [2.05, 4.69) is 9.97 Å². The Labute approximate surface area is 138 Å². The van der Waals surface area contributed by atoms with Crippen molar-refractivity contribution in [3.63, 3.8) is 0 Å². The molecule has 4 nitrogen and oxygen atoms in total. The van der Waals surface area contributed by atoms with Crippen LogP contribution in [0.1, 0.15) is 5.82 Å². The molecule has 118 valence electrons. The number of hydrogen-bond acceptors (Lipinski definition) is 4. The molecule has 0 unspecified atom stereocenters. The number of halogens is 2. The van der Waals surface area contributed by atoms with E-state index in [0.29, 0.717) is 17.3 Å². The number of hydrogen-bond donors (Lipinski definition) is 0. The molecule has 6 heteroatoms. The number of para-hydroxylation sites is 1. The summed E-state index contributed by atoms with van der Waals surface area (Å²) in [4.78, 5) is 10.7. The molecule has 0 amide bonds. The van der Waals surface area contributed by atoms with Crippen molar-refractivity contribution in [1.82, 2.24) is 9.97 Å². The lowest BCUT2D eigenvalue weighted by atomic mass is 10.2. The van der Waals surface area contributed by atoms with Gasteiger partial charge in [0.05, 0.1) is 18.5 Å². The van der Waals surface area contributed by atoms with Gasteiger partial charge in [-0.3, -0.25) is 0 Å². The SMILES string of the molecule is COc1ccc(N(C)c2nc(CCl)nc3ccccc23)cc1F. The molecule has 3 aromatic rings. The second-order valence-electron chi connectivity index (χ2n) is 4.99. The first-order chi connectivity index (χ1) is 11.1. The van der Waals surface area contributed by atoms with Gasteiger partial charge in [0.25, 0.3) is 0 Å². The summed E-state index contributed by atoms with van der Waals surface area (Å²) in [7, 11) is 3.26. The first kappa shape index (κ1) is 15.5. The van der Waals surface area contributed by atoms with Crippen LogP contribution in [-0.2, 0) is 5.88 Å². The Morgan fingerprint density at radius 2 is 1.96 bits per heavy atom. The van der Waals surface area contributed by atoms with Gasteiger partial charge in [-0.2, -0.15) is 0 Å². The van der Waals surface area contributed by atoms with E-state index in [1.54, 1.807) is 12.1 Å². The molecular formula is C17H15ClFN3O. The number of methoxy groups -OCH3 is 1. The number of rotatable bonds is 4. The van der Waals surface area contributed by atoms with Crippen LogP contribution in [-0.4, -0.2) is 24.1 Å². The minimum absolute atomic E-state index is 0.205. The molecule has 0 bridgehead atoms. The molecule has 0 N–H and O–H groups in total. The van der Waals surface area contributed by atoms with E-state index in [0.717, 1.165) is 10.9 Å². The Morgan fingerprint density at radius 1 is 1.17 bits per heavy atom. The Balaban J connectivity index is 2.13. The van der Waals surface area contributed by atoms with Crippen LogP contribution in [0.4, 0.5) is 15.9 Å². The van der Waals surface area contributed by atoms with E-state index < -0.39 is 5.82 Å². The van der Waals surface area contributed by atoms with Crippen molar-refractivity contribution in [2.24, 2.45) is 0 Å². The highest BCUT2D eigenvalue weighted by Gasteiger charge is 2.14. The van der Waals surface area contributed by atoms with Crippen LogP contribution in [0, 0.1) is 5.82 Å². The number of ether oxygens (including phenoxy) is 1. The van der Waals surface area contributed by atoms with Crippen LogP contribution in [0.5, 0.6) is 5.75 Å².